The van der Waals surface area contributed by atoms with Gasteiger partial charge in [0.05, 0.1) is 0 Å². The molecule has 0 aliphatic carbocycles. The Balaban J connectivity index is 4.41. The molecule has 0 aliphatic rings. The van der Waals surface area contributed by atoms with E-state index in [1.54, 1.807) is 11.1 Å². The van der Waals surface area contributed by atoms with E-state index in [1.165, 1.54) is 0 Å². The van der Waals surface area contributed by atoms with Gasteiger partial charge in [-0.2, -0.15) is 0 Å². The number of halogens is 2. The first-order valence-corrected chi connectivity index (χ1v) is 10.9. The van der Waals surface area contributed by atoms with Gasteiger partial charge in [0.1, 0.15) is 0 Å². The van der Waals surface area contributed by atoms with Gasteiger partial charge < -0.3 is 4.12 Å². The van der Waals surface area contributed by atoms with Gasteiger partial charge >= 0.3 is 0 Å². The van der Waals surface area contributed by atoms with Gasteiger partial charge in [0.15, 0.2) is 16.6 Å². The quantitative estimate of drug-likeness (QED) is 0.690. The third-order valence-corrected chi connectivity index (χ3v) is 8.28. The molecule has 0 amide bonds. The lowest BCUT2D eigenvalue weighted by molar-refractivity contribution is 0.571. The van der Waals surface area contributed by atoms with Crippen LogP contribution >= 0.6 is 23.2 Å². The Morgan fingerprint density at radius 1 is 0.846 bits per heavy atom. The van der Waals surface area contributed by atoms with Gasteiger partial charge in [-0.05, 0) is 37.3 Å². The van der Waals surface area contributed by atoms with Gasteiger partial charge in [-0.25, -0.2) is 0 Å². The molecule has 0 aromatic carbocycles. The van der Waals surface area contributed by atoms with E-state index in [-0.39, 0.29) is 0 Å². The standard InChI is InChI=1S/C8H16Cl2OSi2/c1-12(2,7-5-9)11-13(3,4)8-6-10/h5-8H,1-4H3. The largest absolute Gasteiger partial charge is 0.449 e. The Morgan fingerprint density at radius 2 is 1.15 bits per heavy atom. The van der Waals surface area contributed by atoms with Crippen LogP contribution in [-0.2, 0) is 4.12 Å². The summed E-state index contributed by atoms with van der Waals surface area (Å²) in [5.41, 5.74) is 7.01. The van der Waals surface area contributed by atoms with Gasteiger partial charge in [-0.1, -0.05) is 34.6 Å². The van der Waals surface area contributed by atoms with E-state index in [0.29, 0.717) is 0 Å². The number of rotatable bonds is 4. The van der Waals surface area contributed by atoms with Gasteiger partial charge in [-0.15, -0.1) is 0 Å². The van der Waals surface area contributed by atoms with Crippen LogP contribution in [0.1, 0.15) is 0 Å². The number of hydrogen-bond donors (Lipinski definition) is 0. The molecule has 0 unspecified atom stereocenters. The summed E-state index contributed by atoms with van der Waals surface area (Å²) in [4.78, 5) is 0. The van der Waals surface area contributed by atoms with Crippen LogP contribution in [0.3, 0.4) is 0 Å². The van der Waals surface area contributed by atoms with E-state index in [2.05, 4.69) is 26.2 Å². The molecule has 0 saturated heterocycles. The van der Waals surface area contributed by atoms with E-state index in [1.807, 2.05) is 11.4 Å². The van der Waals surface area contributed by atoms with Crippen LogP contribution in [0.25, 0.3) is 0 Å². The molecular weight excluding hydrogens is 239 g/mol. The van der Waals surface area contributed by atoms with Crippen molar-refractivity contribution in [1.82, 2.24) is 0 Å². The fraction of sp³-hybridized carbons (Fsp3) is 0.500. The summed E-state index contributed by atoms with van der Waals surface area (Å²) < 4.78 is 6.04. The van der Waals surface area contributed by atoms with Crippen molar-refractivity contribution in [3.05, 3.63) is 22.5 Å². The summed E-state index contributed by atoms with van der Waals surface area (Å²) in [5.74, 6) is 0. The zero-order chi connectivity index (χ0) is 10.5. The average molecular weight is 255 g/mol. The lowest BCUT2D eigenvalue weighted by Gasteiger charge is -2.29. The molecule has 0 spiro atoms. The van der Waals surface area contributed by atoms with Crippen LogP contribution in [-0.4, -0.2) is 16.6 Å². The summed E-state index contributed by atoms with van der Waals surface area (Å²) in [7, 11) is -3.47. The van der Waals surface area contributed by atoms with Gasteiger partial charge in [-0.3, -0.25) is 0 Å². The SMILES string of the molecule is C[Si](C)(C=CCl)O[Si](C)(C)C=CCl. The third kappa shape index (κ3) is 6.51. The molecule has 0 rings (SSSR count). The summed E-state index contributed by atoms with van der Waals surface area (Å²) in [5, 5.41) is 0. The molecular formula is C8H16Cl2OSi2. The molecule has 0 heterocycles. The van der Waals surface area contributed by atoms with Crippen LogP contribution in [0.15, 0.2) is 22.5 Å². The maximum Gasteiger partial charge on any atom is 0.199 e. The second-order valence-electron chi connectivity index (χ2n) is 3.89. The fourth-order valence-electron chi connectivity index (χ4n) is 1.05. The zero-order valence-electron chi connectivity index (χ0n) is 8.47. The molecule has 0 aromatic heterocycles. The molecule has 0 bridgehead atoms. The highest BCUT2D eigenvalue weighted by atomic mass is 35.5. The van der Waals surface area contributed by atoms with E-state index in [0.717, 1.165) is 0 Å². The van der Waals surface area contributed by atoms with Crippen LogP contribution < -0.4 is 0 Å². The minimum Gasteiger partial charge on any atom is -0.449 e. The normalized spacial score (nSPS) is 14.6. The second kappa shape index (κ2) is 5.36. The minimum absolute atomic E-state index is 1.54. The molecule has 0 fully saturated rings. The Morgan fingerprint density at radius 3 is 1.38 bits per heavy atom. The predicted molar refractivity (Wildman–Crippen MR) is 66.0 cm³/mol. The minimum atomic E-state index is -1.74. The average Bonchev–Trinajstić information content (AvgIpc) is 1.82. The summed E-state index contributed by atoms with van der Waals surface area (Å²) in [6, 6.07) is 0. The van der Waals surface area contributed by atoms with Crippen molar-refractivity contribution in [1.29, 1.82) is 0 Å². The highest BCUT2D eigenvalue weighted by molar-refractivity contribution is 6.89. The van der Waals surface area contributed by atoms with Gasteiger partial charge in [0.25, 0.3) is 0 Å². The molecule has 0 atom stereocenters. The van der Waals surface area contributed by atoms with Crippen molar-refractivity contribution in [2.75, 3.05) is 0 Å². The van der Waals surface area contributed by atoms with Crippen LogP contribution in [0.2, 0.25) is 26.2 Å². The second-order valence-corrected chi connectivity index (χ2v) is 12.3. The van der Waals surface area contributed by atoms with E-state index >= 15 is 0 Å². The first kappa shape index (κ1) is 13.5. The van der Waals surface area contributed by atoms with Crippen LogP contribution in [0, 0.1) is 0 Å². The topological polar surface area (TPSA) is 9.23 Å². The summed E-state index contributed by atoms with van der Waals surface area (Å²) in [6.07, 6.45) is 0. The highest BCUT2D eigenvalue weighted by Crippen LogP contribution is 2.17. The fourth-order valence-corrected chi connectivity index (χ4v) is 9.44. The lowest BCUT2D eigenvalue weighted by atomic mass is 11.2. The lowest BCUT2D eigenvalue weighted by Crippen LogP contribution is -2.42. The van der Waals surface area contributed by atoms with Crippen molar-refractivity contribution >= 4 is 39.8 Å². The predicted octanol–water partition coefficient (Wildman–Crippen LogP) is 4.00. The van der Waals surface area contributed by atoms with Crippen LogP contribution in [0.5, 0.6) is 0 Å². The molecule has 1 nitrogen and oxygen atoms in total. The zero-order valence-corrected chi connectivity index (χ0v) is 12.0. The van der Waals surface area contributed by atoms with E-state index in [9.17, 15) is 0 Å². The molecule has 0 saturated carbocycles. The summed E-state index contributed by atoms with van der Waals surface area (Å²) in [6.45, 7) is 8.46. The van der Waals surface area contributed by atoms with Gasteiger partial charge in [0, 0.05) is 0 Å². The summed E-state index contributed by atoms with van der Waals surface area (Å²) >= 11 is 11.1. The first-order chi connectivity index (χ1) is 5.83. The molecule has 76 valence electrons. The van der Waals surface area contributed by atoms with Crippen molar-refractivity contribution in [3.8, 4) is 0 Å². The molecule has 0 N–H and O–H groups in total. The Hall–Kier alpha value is 0.454. The monoisotopic (exact) mass is 254 g/mol. The number of hydrogen-bond acceptors (Lipinski definition) is 1. The Bertz CT molecular complexity index is 190. The van der Waals surface area contributed by atoms with E-state index < -0.39 is 16.6 Å². The van der Waals surface area contributed by atoms with Crippen molar-refractivity contribution in [2.45, 2.75) is 26.2 Å². The highest BCUT2D eigenvalue weighted by Gasteiger charge is 2.28. The van der Waals surface area contributed by atoms with Crippen molar-refractivity contribution in [2.24, 2.45) is 0 Å². The maximum atomic E-state index is 6.04. The maximum absolute atomic E-state index is 6.04. The van der Waals surface area contributed by atoms with Crippen molar-refractivity contribution in [3.63, 3.8) is 0 Å². The molecule has 0 radical (unpaired) electrons. The smallest absolute Gasteiger partial charge is 0.199 e. The van der Waals surface area contributed by atoms with E-state index in [4.69, 9.17) is 27.3 Å². The first-order valence-electron chi connectivity index (χ1n) is 4.09. The Kier molecular flexibility index (Phi) is 5.55. The molecule has 0 aromatic rings. The van der Waals surface area contributed by atoms with Crippen LogP contribution in [0.4, 0.5) is 0 Å². The molecule has 0 aliphatic heterocycles. The molecule has 5 heteroatoms. The van der Waals surface area contributed by atoms with Gasteiger partial charge in [0.2, 0.25) is 0 Å². The Labute approximate surface area is 92.6 Å². The third-order valence-electron chi connectivity index (χ3n) is 1.45. The van der Waals surface area contributed by atoms with Crippen molar-refractivity contribution < 1.29 is 4.12 Å². The molecule has 13 heavy (non-hydrogen) atoms.